The van der Waals surface area contributed by atoms with E-state index in [2.05, 4.69) is 23.8 Å². The van der Waals surface area contributed by atoms with Crippen molar-refractivity contribution in [2.45, 2.75) is 19.5 Å². The summed E-state index contributed by atoms with van der Waals surface area (Å²) in [6, 6.07) is 6.11. The van der Waals surface area contributed by atoms with Crippen LogP contribution >= 0.6 is 0 Å². The molecule has 1 aliphatic heterocycles. The third kappa shape index (κ3) is 3.33. The molecule has 0 N–H and O–H groups in total. The summed E-state index contributed by atoms with van der Waals surface area (Å²) in [6.07, 6.45) is 0.885. The number of carbonyl (C=O) groups is 1. The van der Waals surface area contributed by atoms with Crippen LogP contribution in [0.15, 0.2) is 18.2 Å². The fourth-order valence-electron chi connectivity index (χ4n) is 2.63. The first kappa shape index (κ1) is 14.0. The van der Waals surface area contributed by atoms with Crippen LogP contribution in [0.1, 0.15) is 22.8 Å². The molecule has 1 fully saturated rings. The summed E-state index contributed by atoms with van der Waals surface area (Å²) in [6.45, 7) is 6.29. The van der Waals surface area contributed by atoms with Crippen molar-refractivity contribution in [1.82, 2.24) is 9.80 Å². The lowest BCUT2D eigenvalue weighted by molar-refractivity contribution is 0.0930. The maximum atomic E-state index is 10.9. The van der Waals surface area contributed by atoms with Crippen molar-refractivity contribution in [2.24, 2.45) is 0 Å². The number of piperazine rings is 1. The highest BCUT2D eigenvalue weighted by atomic mass is 16.5. The summed E-state index contributed by atoms with van der Waals surface area (Å²) < 4.78 is 5.39. The second kappa shape index (κ2) is 6.17. The first-order valence-electron chi connectivity index (χ1n) is 6.68. The zero-order chi connectivity index (χ0) is 13.8. The number of aldehydes is 1. The molecule has 2 rings (SSSR count). The van der Waals surface area contributed by atoms with Crippen molar-refractivity contribution < 1.29 is 9.53 Å². The molecule has 104 valence electrons. The number of rotatable bonds is 4. The zero-order valence-corrected chi connectivity index (χ0v) is 11.9. The molecule has 1 aromatic carbocycles. The van der Waals surface area contributed by atoms with Gasteiger partial charge in [-0.2, -0.15) is 0 Å². The van der Waals surface area contributed by atoms with E-state index in [1.54, 1.807) is 13.2 Å². The van der Waals surface area contributed by atoms with Crippen molar-refractivity contribution in [3.63, 3.8) is 0 Å². The molecule has 1 aliphatic rings. The summed E-state index contributed by atoms with van der Waals surface area (Å²) in [5, 5.41) is 0. The van der Waals surface area contributed by atoms with Crippen molar-refractivity contribution in [1.29, 1.82) is 0 Å². The number of nitrogens with zero attached hydrogens (tertiary/aromatic N) is 2. The molecular formula is C15H22N2O2. The average Bonchev–Trinajstić information content (AvgIpc) is 2.41. The Morgan fingerprint density at radius 2 is 2.21 bits per heavy atom. The third-order valence-corrected chi connectivity index (χ3v) is 3.78. The number of ether oxygens (including phenoxy) is 1. The van der Waals surface area contributed by atoms with Gasteiger partial charge in [-0.05, 0) is 32.2 Å². The summed E-state index contributed by atoms with van der Waals surface area (Å²) in [7, 11) is 3.83. The van der Waals surface area contributed by atoms with Gasteiger partial charge in [0.1, 0.15) is 12.0 Å². The lowest BCUT2D eigenvalue weighted by atomic mass is 10.1. The number of methoxy groups -OCH3 is 1. The molecule has 1 heterocycles. The van der Waals surface area contributed by atoms with Gasteiger partial charge < -0.3 is 9.64 Å². The van der Waals surface area contributed by atoms with E-state index >= 15 is 0 Å². The van der Waals surface area contributed by atoms with Crippen LogP contribution in [0.4, 0.5) is 0 Å². The smallest absolute Gasteiger partial charge is 0.150 e. The molecule has 1 unspecified atom stereocenters. The van der Waals surface area contributed by atoms with Crippen molar-refractivity contribution >= 4 is 6.29 Å². The van der Waals surface area contributed by atoms with E-state index in [0.29, 0.717) is 11.6 Å². The monoisotopic (exact) mass is 262 g/mol. The van der Waals surface area contributed by atoms with Crippen molar-refractivity contribution in [3.05, 3.63) is 29.3 Å². The number of hydrogen-bond donors (Lipinski definition) is 0. The fourth-order valence-corrected chi connectivity index (χ4v) is 2.63. The summed E-state index contributed by atoms with van der Waals surface area (Å²) in [5.41, 5.74) is 1.79. The minimum Gasteiger partial charge on any atom is -0.496 e. The largest absolute Gasteiger partial charge is 0.496 e. The fraction of sp³-hybridized carbons (Fsp3) is 0.533. The third-order valence-electron chi connectivity index (χ3n) is 3.78. The molecule has 0 aromatic heterocycles. The maximum Gasteiger partial charge on any atom is 0.150 e. The maximum absolute atomic E-state index is 10.9. The highest BCUT2D eigenvalue weighted by Gasteiger charge is 2.22. The van der Waals surface area contributed by atoms with Gasteiger partial charge in [0.15, 0.2) is 0 Å². The highest BCUT2D eigenvalue weighted by molar-refractivity contribution is 5.75. The SMILES string of the molecule is COc1ccc(C=O)cc1CN1CCN(C)CC1C. The van der Waals surface area contributed by atoms with Crippen LogP contribution in [-0.4, -0.2) is 55.9 Å². The van der Waals surface area contributed by atoms with Crippen LogP contribution < -0.4 is 4.74 Å². The lowest BCUT2D eigenvalue weighted by Crippen LogP contribution is -2.49. The molecule has 4 heteroatoms. The zero-order valence-electron chi connectivity index (χ0n) is 11.9. The first-order chi connectivity index (χ1) is 9.13. The molecule has 0 aliphatic carbocycles. The number of benzene rings is 1. The van der Waals surface area contributed by atoms with Gasteiger partial charge in [0.05, 0.1) is 7.11 Å². The molecule has 0 radical (unpaired) electrons. The second-order valence-corrected chi connectivity index (χ2v) is 5.27. The van der Waals surface area contributed by atoms with Crippen molar-refractivity contribution in [2.75, 3.05) is 33.8 Å². The molecule has 19 heavy (non-hydrogen) atoms. The molecule has 1 atom stereocenters. The molecule has 0 bridgehead atoms. The Morgan fingerprint density at radius 3 is 2.84 bits per heavy atom. The Hall–Kier alpha value is -1.39. The van der Waals surface area contributed by atoms with E-state index in [1.807, 2.05) is 12.1 Å². The predicted molar refractivity (Wildman–Crippen MR) is 75.8 cm³/mol. The number of hydrogen-bond acceptors (Lipinski definition) is 4. The van der Waals surface area contributed by atoms with Crippen LogP contribution in [0.3, 0.4) is 0 Å². The standard InChI is InChI=1S/C15H22N2O2/c1-12-9-16(2)6-7-17(12)10-14-8-13(11-18)4-5-15(14)19-3/h4-5,8,11-12H,6-7,9-10H2,1-3H3. The van der Waals surface area contributed by atoms with E-state index in [0.717, 1.165) is 43.8 Å². The molecule has 1 saturated heterocycles. The van der Waals surface area contributed by atoms with Crippen LogP contribution in [0.2, 0.25) is 0 Å². The first-order valence-corrected chi connectivity index (χ1v) is 6.68. The quantitative estimate of drug-likeness (QED) is 0.772. The second-order valence-electron chi connectivity index (χ2n) is 5.27. The molecule has 0 spiro atoms. The summed E-state index contributed by atoms with van der Waals surface area (Å²) >= 11 is 0. The predicted octanol–water partition coefficient (Wildman–Crippen LogP) is 1.64. The van der Waals surface area contributed by atoms with Gasteiger partial charge in [-0.1, -0.05) is 0 Å². The van der Waals surface area contributed by atoms with Gasteiger partial charge in [-0.3, -0.25) is 9.69 Å². The van der Waals surface area contributed by atoms with E-state index < -0.39 is 0 Å². The number of likely N-dealkylation sites (N-methyl/N-ethyl adjacent to an activating group) is 1. The van der Waals surface area contributed by atoms with Gasteiger partial charge >= 0.3 is 0 Å². The Balaban J connectivity index is 2.15. The highest BCUT2D eigenvalue weighted by Crippen LogP contribution is 2.23. The topological polar surface area (TPSA) is 32.8 Å². The average molecular weight is 262 g/mol. The van der Waals surface area contributed by atoms with Crippen LogP contribution in [0.5, 0.6) is 5.75 Å². The number of carbonyl (C=O) groups excluding carboxylic acids is 1. The van der Waals surface area contributed by atoms with Gasteiger partial charge in [0.2, 0.25) is 0 Å². The van der Waals surface area contributed by atoms with Gasteiger partial charge in [0, 0.05) is 43.3 Å². The van der Waals surface area contributed by atoms with Gasteiger partial charge in [-0.15, -0.1) is 0 Å². The Bertz CT molecular complexity index is 448. The van der Waals surface area contributed by atoms with Crippen LogP contribution in [0, 0.1) is 0 Å². The molecule has 4 nitrogen and oxygen atoms in total. The van der Waals surface area contributed by atoms with E-state index in [4.69, 9.17) is 4.74 Å². The normalized spacial score (nSPS) is 21.3. The van der Waals surface area contributed by atoms with Crippen LogP contribution in [-0.2, 0) is 6.54 Å². The molecular weight excluding hydrogens is 240 g/mol. The van der Waals surface area contributed by atoms with E-state index in [1.165, 1.54) is 0 Å². The van der Waals surface area contributed by atoms with Gasteiger partial charge in [0.25, 0.3) is 0 Å². The van der Waals surface area contributed by atoms with Gasteiger partial charge in [-0.25, -0.2) is 0 Å². The Morgan fingerprint density at radius 1 is 1.42 bits per heavy atom. The Labute approximate surface area is 115 Å². The minimum absolute atomic E-state index is 0.517. The van der Waals surface area contributed by atoms with E-state index in [9.17, 15) is 4.79 Å². The Kier molecular flexibility index (Phi) is 4.56. The molecule has 1 aromatic rings. The molecule has 0 amide bonds. The lowest BCUT2D eigenvalue weighted by Gasteiger charge is -2.38. The van der Waals surface area contributed by atoms with E-state index in [-0.39, 0.29) is 0 Å². The van der Waals surface area contributed by atoms with Crippen LogP contribution in [0.25, 0.3) is 0 Å². The minimum atomic E-state index is 0.517. The summed E-state index contributed by atoms with van der Waals surface area (Å²) in [4.78, 5) is 15.7. The van der Waals surface area contributed by atoms with Crippen molar-refractivity contribution in [3.8, 4) is 5.75 Å². The summed E-state index contributed by atoms with van der Waals surface area (Å²) in [5.74, 6) is 0.858. The molecule has 0 saturated carbocycles.